The van der Waals surface area contributed by atoms with Crippen molar-refractivity contribution in [2.45, 2.75) is 6.42 Å². The Kier molecular flexibility index (Phi) is 4.11. The molecule has 1 aromatic heterocycles. The van der Waals surface area contributed by atoms with Gasteiger partial charge in [-0.05, 0) is 12.1 Å². The minimum atomic E-state index is 0.183. The molecular weight excluding hydrogens is 250 g/mol. The number of ether oxygens (including phenoxy) is 1. The van der Waals surface area contributed by atoms with Gasteiger partial charge >= 0.3 is 0 Å². The Hall–Kier alpha value is -2.12. The largest absolute Gasteiger partial charge is 0.493 e. The van der Waals surface area contributed by atoms with Crippen molar-refractivity contribution >= 4 is 11.6 Å². The van der Waals surface area contributed by atoms with Crippen LogP contribution in [0.25, 0.3) is 0 Å². The van der Waals surface area contributed by atoms with Crippen LogP contribution in [0.15, 0.2) is 36.5 Å². The predicted molar refractivity (Wildman–Crippen MR) is 67.4 cm³/mol. The van der Waals surface area contributed by atoms with Crippen LogP contribution in [0.5, 0.6) is 5.75 Å². The summed E-state index contributed by atoms with van der Waals surface area (Å²) in [5.74, 6) is 1.37. The maximum atomic E-state index is 8.69. The number of benzene rings is 1. The van der Waals surface area contributed by atoms with Crippen LogP contribution in [0.1, 0.15) is 11.4 Å². The summed E-state index contributed by atoms with van der Waals surface area (Å²) in [6.07, 6.45) is 1.97. The Bertz CT molecular complexity index is 566. The van der Waals surface area contributed by atoms with Crippen LogP contribution in [0.4, 0.5) is 0 Å². The highest BCUT2D eigenvalue weighted by Crippen LogP contribution is 2.11. The molecule has 2 rings (SSSR count). The first-order valence-corrected chi connectivity index (χ1v) is 5.77. The van der Waals surface area contributed by atoms with Gasteiger partial charge in [0.05, 0.1) is 6.61 Å². The van der Waals surface area contributed by atoms with Crippen molar-refractivity contribution in [3.8, 4) is 11.8 Å². The zero-order valence-corrected chi connectivity index (χ0v) is 10.3. The molecule has 1 aromatic carbocycles. The second-order valence-electron chi connectivity index (χ2n) is 3.51. The van der Waals surface area contributed by atoms with Crippen molar-refractivity contribution < 1.29 is 4.74 Å². The Labute approximate surface area is 110 Å². The molecule has 0 aliphatic carbocycles. The summed E-state index contributed by atoms with van der Waals surface area (Å²) in [7, 11) is 0. The lowest BCUT2D eigenvalue weighted by molar-refractivity contribution is 0.319. The van der Waals surface area contributed by atoms with E-state index in [1.54, 1.807) is 0 Å². The monoisotopic (exact) mass is 259 g/mol. The molecule has 0 unspecified atom stereocenters. The van der Waals surface area contributed by atoms with Gasteiger partial charge in [-0.1, -0.05) is 29.8 Å². The minimum Gasteiger partial charge on any atom is -0.493 e. The molecule has 0 saturated carbocycles. The molecule has 1 heterocycles. The van der Waals surface area contributed by atoms with Crippen molar-refractivity contribution in [3.05, 3.63) is 53.1 Å². The minimum absolute atomic E-state index is 0.183. The second-order valence-corrected chi connectivity index (χ2v) is 3.87. The molecule has 18 heavy (non-hydrogen) atoms. The number of hydrogen-bond donors (Lipinski definition) is 0. The average Bonchev–Trinajstić information content (AvgIpc) is 2.40. The molecule has 0 aliphatic rings. The summed E-state index contributed by atoms with van der Waals surface area (Å²) in [4.78, 5) is 8.07. The Morgan fingerprint density at radius 3 is 2.72 bits per heavy atom. The zero-order valence-electron chi connectivity index (χ0n) is 9.51. The third-order valence-corrected chi connectivity index (χ3v) is 2.54. The van der Waals surface area contributed by atoms with Crippen molar-refractivity contribution in [3.63, 3.8) is 0 Å². The topological polar surface area (TPSA) is 58.8 Å². The lowest BCUT2D eigenvalue weighted by Crippen LogP contribution is -2.05. The summed E-state index contributed by atoms with van der Waals surface area (Å²) in [5.41, 5.74) is 0.282. The van der Waals surface area contributed by atoms with Crippen molar-refractivity contribution in [1.82, 2.24) is 9.97 Å². The Balaban J connectivity index is 1.91. The van der Waals surface area contributed by atoms with Gasteiger partial charge in [0, 0.05) is 12.6 Å². The number of halogens is 1. The number of aromatic nitrogens is 2. The predicted octanol–water partition coefficient (Wildman–Crippen LogP) is 2.62. The summed E-state index contributed by atoms with van der Waals surface area (Å²) in [5, 5.41) is 8.88. The molecule has 2 aromatic rings. The SMILES string of the molecule is N#Cc1cnc(CCOc2ccccc2)nc1Cl. The fourth-order valence-corrected chi connectivity index (χ4v) is 1.56. The van der Waals surface area contributed by atoms with E-state index < -0.39 is 0 Å². The van der Waals surface area contributed by atoms with E-state index in [0.717, 1.165) is 5.75 Å². The molecule has 0 amide bonds. The molecule has 4 nitrogen and oxygen atoms in total. The fraction of sp³-hybridized carbons (Fsp3) is 0.154. The van der Waals surface area contributed by atoms with Gasteiger partial charge in [0.1, 0.15) is 23.2 Å². The zero-order chi connectivity index (χ0) is 12.8. The molecule has 0 radical (unpaired) electrons. The van der Waals surface area contributed by atoms with E-state index in [-0.39, 0.29) is 10.7 Å². The van der Waals surface area contributed by atoms with E-state index in [4.69, 9.17) is 21.6 Å². The maximum Gasteiger partial charge on any atom is 0.150 e. The third-order valence-electron chi connectivity index (χ3n) is 2.25. The molecule has 90 valence electrons. The average molecular weight is 260 g/mol. The smallest absolute Gasteiger partial charge is 0.150 e. The van der Waals surface area contributed by atoms with Crippen molar-refractivity contribution in [2.24, 2.45) is 0 Å². The van der Waals surface area contributed by atoms with Crippen LogP contribution in [-0.4, -0.2) is 16.6 Å². The van der Waals surface area contributed by atoms with Gasteiger partial charge in [-0.25, -0.2) is 9.97 Å². The molecule has 0 aliphatic heterocycles. The molecule has 0 atom stereocenters. The summed E-state index contributed by atoms with van der Waals surface area (Å²) in [6, 6.07) is 11.4. The van der Waals surface area contributed by atoms with Gasteiger partial charge in [-0.15, -0.1) is 0 Å². The lowest BCUT2D eigenvalue weighted by atomic mass is 10.3. The van der Waals surface area contributed by atoms with E-state index in [1.165, 1.54) is 6.20 Å². The highest BCUT2D eigenvalue weighted by atomic mass is 35.5. The highest BCUT2D eigenvalue weighted by Gasteiger charge is 2.04. The molecule has 0 fully saturated rings. The standard InChI is InChI=1S/C13H10ClN3O/c14-13-10(8-15)9-16-12(17-13)6-7-18-11-4-2-1-3-5-11/h1-5,9H,6-7H2. The van der Waals surface area contributed by atoms with E-state index in [9.17, 15) is 0 Å². The van der Waals surface area contributed by atoms with E-state index >= 15 is 0 Å². The number of hydrogen-bond acceptors (Lipinski definition) is 4. The number of rotatable bonds is 4. The molecule has 0 bridgehead atoms. The Morgan fingerprint density at radius 1 is 1.28 bits per heavy atom. The van der Waals surface area contributed by atoms with Gasteiger partial charge in [-0.2, -0.15) is 5.26 Å². The van der Waals surface area contributed by atoms with Crippen LogP contribution in [0.3, 0.4) is 0 Å². The first-order chi connectivity index (χ1) is 8.79. The van der Waals surface area contributed by atoms with Crippen molar-refractivity contribution in [2.75, 3.05) is 6.61 Å². The van der Waals surface area contributed by atoms with E-state index in [0.29, 0.717) is 18.9 Å². The summed E-state index contributed by atoms with van der Waals surface area (Å²) < 4.78 is 5.52. The third kappa shape index (κ3) is 3.19. The molecule has 5 heteroatoms. The molecule has 0 N–H and O–H groups in total. The molecule has 0 saturated heterocycles. The first kappa shape index (κ1) is 12.3. The van der Waals surface area contributed by atoms with Gasteiger partial charge in [0.2, 0.25) is 0 Å². The van der Waals surface area contributed by atoms with Crippen LogP contribution in [0.2, 0.25) is 5.15 Å². The van der Waals surface area contributed by atoms with Crippen molar-refractivity contribution in [1.29, 1.82) is 5.26 Å². The van der Waals surface area contributed by atoms with E-state index in [1.807, 2.05) is 36.4 Å². The number of nitrogens with zero attached hydrogens (tertiary/aromatic N) is 3. The molecule has 0 spiro atoms. The first-order valence-electron chi connectivity index (χ1n) is 5.39. The molecular formula is C13H10ClN3O. The maximum absolute atomic E-state index is 8.69. The quantitative estimate of drug-likeness (QED) is 0.792. The van der Waals surface area contributed by atoms with Crippen LogP contribution in [0, 0.1) is 11.3 Å². The Morgan fingerprint density at radius 2 is 2.06 bits per heavy atom. The van der Waals surface area contributed by atoms with Gasteiger partial charge in [-0.3, -0.25) is 0 Å². The van der Waals surface area contributed by atoms with Gasteiger partial charge in [0.15, 0.2) is 5.15 Å². The summed E-state index contributed by atoms with van der Waals surface area (Å²) in [6.45, 7) is 0.465. The normalized spacial score (nSPS) is 9.78. The van der Waals surface area contributed by atoms with Crippen LogP contribution >= 0.6 is 11.6 Å². The lowest BCUT2D eigenvalue weighted by Gasteiger charge is -2.05. The number of para-hydroxylation sites is 1. The van der Waals surface area contributed by atoms with Crippen LogP contribution < -0.4 is 4.74 Å². The highest BCUT2D eigenvalue weighted by molar-refractivity contribution is 6.30. The fourth-order valence-electron chi connectivity index (χ4n) is 1.37. The van der Waals surface area contributed by atoms with Gasteiger partial charge in [0.25, 0.3) is 0 Å². The second kappa shape index (κ2) is 5.99. The van der Waals surface area contributed by atoms with E-state index in [2.05, 4.69) is 9.97 Å². The van der Waals surface area contributed by atoms with Crippen LogP contribution in [-0.2, 0) is 6.42 Å². The number of nitriles is 1. The summed E-state index contributed by atoms with van der Waals surface area (Å²) >= 11 is 5.81. The van der Waals surface area contributed by atoms with Gasteiger partial charge < -0.3 is 4.74 Å².